The zero-order chi connectivity index (χ0) is 11.9. The third-order valence-electron chi connectivity index (χ3n) is 1.65. The first-order valence-electron chi connectivity index (χ1n) is 5.06. The molecule has 15 heavy (non-hydrogen) atoms. The fourth-order valence-electron chi connectivity index (χ4n) is 0.901. The fraction of sp³-hybridized carbons (Fsp3) is 0.636. The minimum absolute atomic E-state index is 1.14. The maximum absolute atomic E-state index is 4.45. The van der Waals surface area contributed by atoms with Crippen molar-refractivity contribution in [3.8, 4) is 0 Å². The summed E-state index contributed by atoms with van der Waals surface area (Å²) in [7, 11) is 4.45. The third-order valence-corrected chi connectivity index (χ3v) is 2.98. The molecule has 0 bridgehead atoms. The second kappa shape index (κ2) is 17.4. The fourth-order valence-corrected chi connectivity index (χ4v) is 1.70. The van der Waals surface area contributed by atoms with Gasteiger partial charge < -0.3 is 0 Å². The number of rotatable bonds is 4. The molecule has 0 saturated carbocycles. The van der Waals surface area contributed by atoms with E-state index in [1.807, 2.05) is 12.1 Å². The SMILES string of the molecule is Brc1cc[c-]s1.CCCCCCC.[Cl][Mn+]. The van der Waals surface area contributed by atoms with E-state index in [1.54, 1.807) is 11.3 Å². The first-order chi connectivity index (χ1) is 7.31. The summed E-state index contributed by atoms with van der Waals surface area (Å²) in [5.74, 6) is 0. The van der Waals surface area contributed by atoms with Crippen molar-refractivity contribution >= 4 is 37.4 Å². The van der Waals surface area contributed by atoms with Crippen LogP contribution in [0.2, 0.25) is 0 Å². The minimum atomic E-state index is 1.14. The molecule has 0 radical (unpaired) electrons. The van der Waals surface area contributed by atoms with Crippen LogP contribution in [0.15, 0.2) is 15.9 Å². The standard InChI is InChI=1S/C7H16.C4H2BrS.ClH.Mn/c1-3-5-7-6-4-2;5-4-2-1-3-6-4;;/h3-7H2,1-2H3;1-2H;1H;/q;-1;;+2/p-1. The van der Waals surface area contributed by atoms with Gasteiger partial charge in [-0.1, -0.05) is 49.7 Å². The Morgan fingerprint density at radius 1 is 1.27 bits per heavy atom. The Hall–Kier alpha value is 0.989. The molecule has 0 aromatic carbocycles. The van der Waals surface area contributed by atoms with Crippen LogP contribution in [0.3, 0.4) is 0 Å². The summed E-state index contributed by atoms with van der Waals surface area (Å²) in [6, 6.07) is 3.85. The number of hydrogen-bond acceptors (Lipinski definition) is 1. The van der Waals surface area contributed by atoms with Crippen molar-refractivity contribution in [2.75, 3.05) is 0 Å². The van der Waals surface area contributed by atoms with Crippen molar-refractivity contribution in [1.82, 2.24) is 0 Å². The summed E-state index contributed by atoms with van der Waals surface area (Å²) < 4.78 is 1.14. The molecule has 0 nitrogen and oxygen atoms in total. The molecule has 0 aliphatic carbocycles. The molecule has 0 unspecified atom stereocenters. The predicted octanol–water partition coefficient (Wildman–Crippen LogP) is 5.97. The number of unbranched alkanes of at least 4 members (excludes halogenated alkanes) is 4. The molecular formula is C11H18BrClMnS. The second-order valence-electron chi connectivity index (χ2n) is 2.92. The molecule has 1 aromatic rings. The Morgan fingerprint density at radius 3 is 2.00 bits per heavy atom. The van der Waals surface area contributed by atoms with Crippen LogP contribution in [-0.4, -0.2) is 0 Å². The molecule has 0 fully saturated rings. The summed E-state index contributed by atoms with van der Waals surface area (Å²) in [6.07, 6.45) is 7.01. The molecule has 0 atom stereocenters. The predicted molar refractivity (Wildman–Crippen MR) is 71.1 cm³/mol. The molecule has 0 spiro atoms. The number of thiophene rings is 1. The third kappa shape index (κ3) is 17.6. The van der Waals surface area contributed by atoms with Crippen LogP contribution in [0.4, 0.5) is 0 Å². The maximum atomic E-state index is 4.45. The average Bonchev–Trinajstić information content (AvgIpc) is 2.74. The van der Waals surface area contributed by atoms with Crippen LogP contribution in [0.1, 0.15) is 46.0 Å². The van der Waals surface area contributed by atoms with E-state index in [9.17, 15) is 0 Å². The van der Waals surface area contributed by atoms with Gasteiger partial charge in [0, 0.05) is 0 Å². The first kappa shape index (κ1) is 18.4. The zero-order valence-electron chi connectivity index (χ0n) is 9.23. The van der Waals surface area contributed by atoms with Gasteiger partial charge in [0.1, 0.15) is 0 Å². The van der Waals surface area contributed by atoms with Gasteiger partial charge in [-0.25, -0.2) is 0 Å². The van der Waals surface area contributed by atoms with E-state index < -0.39 is 0 Å². The Kier molecular flexibility index (Phi) is 21.3. The van der Waals surface area contributed by atoms with Gasteiger partial charge in [-0.15, -0.1) is 21.3 Å². The summed E-state index contributed by atoms with van der Waals surface area (Å²) >= 11 is 7.25. The molecule has 4 heteroatoms. The molecule has 0 N–H and O–H groups in total. The molecule has 0 amide bonds. The van der Waals surface area contributed by atoms with Crippen LogP contribution in [-0.2, 0) is 15.1 Å². The topological polar surface area (TPSA) is 0 Å². The van der Waals surface area contributed by atoms with Gasteiger partial charge in [-0.05, 0) is 0 Å². The molecule has 1 rings (SSSR count). The van der Waals surface area contributed by atoms with Crippen LogP contribution >= 0.6 is 37.4 Å². The molecule has 0 aliphatic heterocycles. The van der Waals surface area contributed by atoms with E-state index in [-0.39, 0.29) is 0 Å². The Bertz CT molecular complexity index is 177. The van der Waals surface area contributed by atoms with Gasteiger partial charge in [0.15, 0.2) is 0 Å². The molecule has 0 saturated heterocycles. The van der Waals surface area contributed by atoms with Crippen molar-refractivity contribution in [2.45, 2.75) is 46.0 Å². The summed E-state index contributed by atoms with van der Waals surface area (Å²) in [5.41, 5.74) is 0. The van der Waals surface area contributed by atoms with Crippen LogP contribution in [0, 0.1) is 5.38 Å². The Balaban J connectivity index is 0. The van der Waals surface area contributed by atoms with Crippen molar-refractivity contribution in [3.63, 3.8) is 0 Å². The number of hydrogen-bond donors (Lipinski definition) is 0. The zero-order valence-corrected chi connectivity index (χ0v) is 13.6. The Labute approximate surface area is 119 Å². The summed E-state index contributed by atoms with van der Waals surface area (Å²) in [5, 5.41) is 2.92. The molecule has 1 heterocycles. The average molecular weight is 353 g/mol. The van der Waals surface area contributed by atoms with E-state index in [0.717, 1.165) is 3.79 Å². The van der Waals surface area contributed by atoms with Gasteiger partial charge in [0.2, 0.25) is 0 Å². The van der Waals surface area contributed by atoms with E-state index in [2.05, 4.69) is 60.4 Å². The van der Waals surface area contributed by atoms with Gasteiger partial charge in [0.25, 0.3) is 0 Å². The van der Waals surface area contributed by atoms with E-state index in [0.29, 0.717) is 0 Å². The van der Waals surface area contributed by atoms with Crippen LogP contribution in [0.25, 0.3) is 0 Å². The number of halogens is 2. The van der Waals surface area contributed by atoms with Crippen molar-refractivity contribution in [1.29, 1.82) is 0 Å². The van der Waals surface area contributed by atoms with Gasteiger partial charge in [0.05, 0.1) is 0 Å². The van der Waals surface area contributed by atoms with E-state index in [1.165, 1.54) is 32.1 Å². The molecule has 1 aromatic heterocycles. The van der Waals surface area contributed by atoms with Crippen molar-refractivity contribution in [2.24, 2.45) is 0 Å². The van der Waals surface area contributed by atoms with Crippen LogP contribution in [0.5, 0.6) is 0 Å². The van der Waals surface area contributed by atoms with E-state index in [4.69, 9.17) is 0 Å². The molecular weight excluding hydrogens is 334 g/mol. The first-order valence-corrected chi connectivity index (χ1v) is 8.30. The van der Waals surface area contributed by atoms with Gasteiger partial charge in [-0.2, -0.15) is 12.1 Å². The normalized spacial score (nSPS) is 8.27. The van der Waals surface area contributed by atoms with Gasteiger partial charge in [-0.3, -0.25) is 11.3 Å². The quantitative estimate of drug-likeness (QED) is 0.355. The van der Waals surface area contributed by atoms with Gasteiger partial charge >= 0.3 is 25.2 Å². The molecule has 89 valence electrons. The summed E-state index contributed by atoms with van der Waals surface area (Å²) in [6.45, 7) is 4.49. The summed E-state index contributed by atoms with van der Waals surface area (Å²) in [4.78, 5) is 0. The second-order valence-corrected chi connectivity index (χ2v) is 5.18. The van der Waals surface area contributed by atoms with Crippen LogP contribution < -0.4 is 0 Å². The Morgan fingerprint density at radius 2 is 1.80 bits per heavy atom. The molecule has 0 aliphatic rings. The monoisotopic (exact) mass is 351 g/mol. The van der Waals surface area contributed by atoms with Crippen molar-refractivity contribution in [3.05, 3.63) is 21.3 Å². The van der Waals surface area contributed by atoms with Crippen molar-refractivity contribution < 1.29 is 15.1 Å². The van der Waals surface area contributed by atoms with E-state index >= 15 is 0 Å².